The van der Waals surface area contributed by atoms with Gasteiger partial charge in [0.05, 0.1) is 0 Å². The molecule has 22 heavy (non-hydrogen) atoms. The second kappa shape index (κ2) is 5.10. The van der Waals surface area contributed by atoms with E-state index in [-0.39, 0.29) is 0 Å². The highest BCUT2D eigenvalue weighted by molar-refractivity contribution is 7.17. The summed E-state index contributed by atoms with van der Waals surface area (Å²) in [5.41, 5.74) is 4.02. The molecule has 0 amide bonds. The molecule has 0 aliphatic rings. The minimum Gasteiger partial charge on any atom is -0.196 e. The Morgan fingerprint density at radius 2 is 1.82 bits per heavy atom. The van der Waals surface area contributed by atoms with Gasteiger partial charge in [0, 0.05) is 10.3 Å². The molecule has 4 nitrogen and oxygen atoms in total. The first-order valence-electron chi connectivity index (χ1n) is 6.74. The number of benzene rings is 2. The molecular formula is C17H10N4S. The molecule has 5 heteroatoms. The molecule has 0 radical (unpaired) electrons. The Hall–Kier alpha value is -2.97. The van der Waals surface area contributed by atoms with Crippen LogP contribution in [0.5, 0.6) is 0 Å². The molecule has 0 fully saturated rings. The largest absolute Gasteiger partial charge is 0.196 e. The quantitative estimate of drug-likeness (QED) is 0.602. The number of rotatable bonds is 2. The zero-order valence-corrected chi connectivity index (χ0v) is 12.3. The summed E-state index contributed by atoms with van der Waals surface area (Å²) in [7, 11) is 0. The van der Waals surface area contributed by atoms with Crippen LogP contribution in [0.1, 0.15) is 5.69 Å². The van der Waals surface area contributed by atoms with Gasteiger partial charge < -0.3 is 0 Å². The molecule has 2 heterocycles. The summed E-state index contributed by atoms with van der Waals surface area (Å²) in [5, 5.41) is 22.9. The number of aromatic nitrogens is 3. The highest BCUT2D eigenvalue weighted by Gasteiger charge is 2.10. The first-order valence-corrected chi connectivity index (χ1v) is 7.62. The highest BCUT2D eigenvalue weighted by atomic mass is 32.1. The molecule has 0 unspecified atom stereocenters. The Bertz CT molecular complexity index is 1010. The summed E-state index contributed by atoms with van der Waals surface area (Å²) < 4.78 is 1.28. The van der Waals surface area contributed by atoms with Gasteiger partial charge in [-0.05, 0) is 46.2 Å². The van der Waals surface area contributed by atoms with Crippen LogP contribution in [0.4, 0.5) is 0 Å². The van der Waals surface area contributed by atoms with E-state index in [0.717, 1.165) is 16.7 Å². The van der Waals surface area contributed by atoms with Crippen molar-refractivity contribution in [2.45, 2.75) is 0 Å². The van der Waals surface area contributed by atoms with Gasteiger partial charge in [0.25, 0.3) is 0 Å². The van der Waals surface area contributed by atoms with E-state index in [0.29, 0.717) is 11.4 Å². The Kier molecular flexibility index (Phi) is 2.95. The maximum absolute atomic E-state index is 9.08. The third-order valence-corrected chi connectivity index (χ3v) is 4.47. The smallest absolute Gasteiger partial charge is 0.190 e. The van der Waals surface area contributed by atoms with Crippen LogP contribution in [0.25, 0.3) is 32.5 Å². The van der Waals surface area contributed by atoms with Crippen molar-refractivity contribution in [3.63, 3.8) is 0 Å². The van der Waals surface area contributed by atoms with Crippen molar-refractivity contribution < 1.29 is 0 Å². The van der Waals surface area contributed by atoms with Crippen LogP contribution in [0, 0.1) is 11.3 Å². The van der Waals surface area contributed by atoms with Crippen LogP contribution >= 0.6 is 11.3 Å². The molecule has 0 bridgehead atoms. The van der Waals surface area contributed by atoms with E-state index in [1.54, 1.807) is 11.3 Å². The van der Waals surface area contributed by atoms with Crippen molar-refractivity contribution in [1.82, 2.24) is 15.4 Å². The SMILES string of the molecule is N#Cc1n[nH]nc1-c1cccc(-c2ccc3sccc3c2)c1. The third kappa shape index (κ3) is 2.07. The molecule has 1 N–H and O–H groups in total. The van der Waals surface area contributed by atoms with Crippen molar-refractivity contribution in [3.05, 3.63) is 59.6 Å². The van der Waals surface area contributed by atoms with Crippen LogP contribution < -0.4 is 0 Å². The van der Waals surface area contributed by atoms with Crippen LogP contribution in [0.15, 0.2) is 53.9 Å². The average molecular weight is 302 g/mol. The van der Waals surface area contributed by atoms with Gasteiger partial charge in [-0.25, -0.2) is 0 Å². The number of hydrogen-bond acceptors (Lipinski definition) is 4. The van der Waals surface area contributed by atoms with Crippen LogP contribution in [-0.2, 0) is 0 Å². The normalized spacial score (nSPS) is 10.7. The number of nitriles is 1. The van der Waals surface area contributed by atoms with E-state index in [1.165, 1.54) is 10.1 Å². The Labute approximate surface area is 130 Å². The van der Waals surface area contributed by atoms with Gasteiger partial charge in [0.1, 0.15) is 11.8 Å². The van der Waals surface area contributed by atoms with Crippen molar-refractivity contribution >= 4 is 21.4 Å². The Morgan fingerprint density at radius 3 is 2.73 bits per heavy atom. The number of aromatic amines is 1. The number of thiophene rings is 1. The molecule has 0 saturated carbocycles. The molecule has 2 aromatic heterocycles. The molecule has 0 atom stereocenters. The Morgan fingerprint density at radius 1 is 0.955 bits per heavy atom. The van der Waals surface area contributed by atoms with E-state index in [1.807, 2.05) is 18.2 Å². The number of fused-ring (bicyclic) bond motifs is 1. The summed E-state index contributed by atoms with van der Waals surface area (Å²) in [6, 6.07) is 18.6. The summed E-state index contributed by atoms with van der Waals surface area (Å²) in [6.45, 7) is 0. The second-order valence-corrected chi connectivity index (χ2v) is 5.83. The molecule has 0 aliphatic heterocycles. The van der Waals surface area contributed by atoms with Gasteiger partial charge in [0.15, 0.2) is 5.69 Å². The monoisotopic (exact) mass is 302 g/mol. The molecular weight excluding hydrogens is 292 g/mol. The second-order valence-electron chi connectivity index (χ2n) is 4.89. The summed E-state index contributed by atoms with van der Waals surface area (Å²) in [4.78, 5) is 0. The zero-order chi connectivity index (χ0) is 14.9. The fraction of sp³-hybridized carbons (Fsp3) is 0. The number of H-pyrrole nitrogens is 1. The van der Waals surface area contributed by atoms with Gasteiger partial charge in [-0.15, -0.1) is 16.4 Å². The van der Waals surface area contributed by atoms with E-state index in [9.17, 15) is 0 Å². The lowest BCUT2D eigenvalue weighted by Crippen LogP contribution is -1.84. The van der Waals surface area contributed by atoms with E-state index in [2.05, 4.69) is 57.2 Å². The highest BCUT2D eigenvalue weighted by Crippen LogP contribution is 2.30. The lowest BCUT2D eigenvalue weighted by Gasteiger charge is -2.04. The van der Waals surface area contributed by atoms with Crippen LogP contribution in [0.3, 0.4) is 0 Å². The molecule has 4 aromatic rings. The fourth-order valence-corrected chi connectivity index (χ4v) is 3.27. The predicted molar refractivity (Wildman–Crippen MR) is 87.4 cm³/mol. The topological polar surface area (TPSA) is 65.4 Å². The molecule has 0 aliphatic carbocycles. The Balaban J connectivity index is 1.83. The van der Waals surface area contributed by atoms with E-state index >= 15 is 0 Å². The molecule has 0 saturated heterocycles. The van der Waals surface area contributed by atoms with E-state index < -0.39 is 0 Å². The first kappa shape index (κ1) is 12.7. The molecule has 0 spiro atoms. The van der Waals surface area contributed by atoms with Crippen molar-refractivity contribution in [2.75, 3.05) is 0 Å². The zero-order valence-electron chi connectivity index (χ0n) is 11.4. The van der Waals surface area contributed by atoms with Gasteiger partial charge >= 0.3 is 0 Å². The minimum absolute atomic E-state index is 0.311. The fourth-order valence-electron chi connectivity index (χ4n) is 2.50. The standard InChI is InChI=1S/C17H10N4S/c18-10-15-17(20-21-19-15)14-3-1-2-11(9-14)12-4-5-16-13(8-12)6-7-22-16/h1-9H,(H,19,20,21). The van der Waals surface area contributed by atoms with Gasteiger partial charge in [-0.2, -0.15) is 15.6 Å². The minimum atomic E-state index is 0.311. The third-order valence-electron chi connectivity index (χ3n) is 3.58. The molecule has 104 valence electrons. The number of hydrogen-bond donors (Lipinski definition) is 1. The van der Waals surface area contributed by atoms with Crippen LogP contribution in [-0.4, -0.2) is 15.4 Å². The predicted octanol–water partition coefficient (Wildman–Crippen LogP) is 4.23. The molecule has 2 aromatic carbocycles. The van der Waals surface area contributed by atoms with Gasteiger partial charge in [0.2, 0.25) is 0 Å². The van der Waals surface area contributed by atoms with Crippen molar-refractivity contribution in [1.29, 1.82) is 5.26 Å². The van der Waals surface area contributed by atoms with Gasteiger partial charge in [-0.1, -0.05) is 24.3 Å². The average Bonchev–Trinajstić information content (AvgIpc) is 3.23. The maximum Gasteiger partial charge on any atom is 0.190 e. The summed E-state index contributed by atoms with van der Waals surface area (Å²) in [6.07, 6.45) is 0. The van der Waals surface area contributed by atoms with E-state index in [4.69, 9.17) is 5.26 Å². The first-order chi connectivity index (χ1) is 10.8. The number of nitrogens with zero attached hydrogens (tertiary/aromatic N) is 3. The summed E-state index contributed by atoms with van der Waals surface area (Å²) >= 11 is 1.74. The van der Waals surface area contributed by atoms with Crippen molar-refractivity contribution in [3.8, 4) is 28.5 Å². The maximum atomic E-state index is 9.08. The molecule has 4 rings (SSSR count). The van der Waals surface area contributed by atoms with Crippen molar-refractivity contribution in [2.24, 2.45) is 0 Å². The number of nitrogens with one attached hydrogen (secondary N) is 1. The lowest BCUT2D eigenvalue weighted by atomic mass is 10.0. The van der Waals surface area contributed by atoms with Crippen LogP contribution in [0.2, 0.25) is 0 Å². The van der Waals surface area contributed by atoms with Gasteiger partial charge in [-0.3, -0.25) is 0 Å². The summed E-state index contributed by atoms with van der Waals surface area (Å²) in [5.74, 6) is 0. The lowest BCUT2D eigenvalue weighted by molar-refractivity contribution is 0.937.